The highest BCUT2D eigenvalue weighted by molar-refractivity contribution is 5.85. The van der Waals surface area contributed by atoms with Gasteiger partial charge in [-0.2, -0.15) is 0 Å². The second-order valence-corrected chi connectivity index (χ2v) is 4.95. The molecule has 0 bridgehead atoms. The molecule has 1 saturated heterocycles. The van der Waals surface area contributed by atoms with Crippen LogP contribution in [0.2, 0.25) is 0 Å². The van der Waals surface area contributed by atoms with Gasteiger partial charge < -0.3 is 15.0 Å². The Hall–Kier alpha value is -2.04. The zero-order valence-corrected chi connectivity index (χ0v) is 11.7. The van der Waals surface area contributed by atoms with Crippen molar-refractivity contribution in [2.75, 3.05) is 13.1 Å². The van der Waals surface area contributed by atoms with Gasteiger partial charge in [0.2, 0.25) is 5.91 Å². The van der Waals surface area contributed by atoms with Gasteiger partial charge in [0.1, 0.15) is 11.8 Å². The number of hydrogen-bond donors (Lipinski definition) is 1. The number of para-hydroxylation sites is 1. The Bertz CT molecular complexity index is 455. The normalized spacial score (nSPS) is 16.4. The fraction of sp³-hybridized carbons (Fsp3) is 0.467. The summed E-state index contributed by atoms with van der Waals surface area (Å²) in [4.78, 5) is 25.7. The average molecular weight is 276 g/mol. The number of carbonyl (C=O) groups excluding carboxylic acids is 2. The van der Waals surface area contributed by atoms with E-state index in [9.17, 15) is 9.59 Å². The van der Waals surface area contributed by atoms with Gasteiger partial charge in [0, 0.05) is 13.1 Å². The van der Waals surface area contributed by atoms with Gasteiger partial charge >= 0.3 is 6.09 Å². The molecule has 5 nitrogen and oxygen atoms in total. The first-order chi connectivity index (χ1) is 9.66. The van der Waals surface area contributed by atoms with Crippen molar-refractivity contribution in [3.05, 3.63) is 30.3 Å². The van der Waals surface area contributed by atoms with E-state index in [0.29, 0.717) is 5.75 Å². The largest absolute Gasteiger partial charge is 0.413 e. The highest BCUT2D eigenvalue weighted by Crippen LogP contribution is 2.11. The van der Waals surface area contributed by atoms with Crippen molar-refractivity contribution in [1.82, 2.24) is 10.2 Å². The van der Waals surface area contributed by atoms with Crippen LogP contribution in [-0.4, -0.2) is 36.0 Å². The van der Waals surface area contributed by atoms with E-state index >= 15 is 0 Å². The molecule has 2 amide bonds. The second-order valence-electron chi connectivity index (χ2n) is 4.95. The third kappa shape index (κ3) is 3.98. The zero-order chi connectivity index (χ0) is 14.4. The Morgan fingerprint density at radius 3 is 2.45 bits per heavy atom. The van der Waals surface area contributed by atoms with Gasteiger partial charge in [-0.25, -0.2) is 4.79 Å². The van der Waals surface area contributed by atoms with Crippen molar-refractivity contribution in [1.29, 1.82) is 0 Å². The molecule has 0 spiro atoms. The van der Waals surface area contributed by atoms with E-state index in [1.54, 1.807) is 36.1 Å². The maximum absolute atomic E-state index is 12.1. The van der Waals surface area contributed by atoms with Crippen LogP contribution < -0.4 is 10.1 Å². The van der Waals surface area contributed by atoms with E-state index in [1.807, 2.05) is 6.07 Å². The van der Waals surface area contributed by atoms with Gasteiger partial charge in [-0.05, 0) is 38.3 Å². The lowest BCUT2D eigenvalue weighted by molar-refractivity contribution is -0.133. The van der Waals surface area contributed by atoms with Crippen LogP contribution in [-0.2, 0) is 4.79 Å². The summed E-state index contributed by atoms with van der Waals surface area (Å²) >= 11 is 0. The predicted octanol–water partition coefficient (Wildman–Crippen LogP) is 2.18. The minimum Gasteiger partial charge on any atom is -0.410 e. The van der Waals surface area contributed by atoms with Crippen LogP contribution in [0.4, 0.5) is 4.79 Å². The fourth-order valence-electron chi connectivity index (χ4n) is 2.25. The highest BCUT2D eigenvalue weighted by atomic mass is 16.6. The Balaban J connectivity index is 1.82. The van der Waals surface area contributed by atoms with Crippen LogP contribution in [0.25, 0.3) is 0 Å². The summed E-state index contributed by atoms with van der Waals surface area (Å²) in [5, 5.41) is 2.57. The molecule has 1 aromatic carbocycles. The molecule has 0 unspecified atom stereocenters. The molecule has 1 aromatic rings. The summed E-state index contributed by atoms with van der Waals surface area (Å²) < 4.78 is 5.10. The van der Waals surface area contributed by atoms with Crippen molar-refractivity contribution in [3.8, 4) is 5.75 Å². The standard InChI is InChI=1S/C15H20N2O3/c1-12(14(18)17-10-6-3-7-11-17)16-15(19)20-13-8-4-2-5-9-13/h2,4-5,8-9,12H,3,6-7,10-11H2,1H3,(H,16,19)/t12-/m1/s1. The van der Waals surface area contributed by atoms with E-state index in [0.717, 1.165) is 25.9 Å². The summed E-state index contributed by atoms with van der Waals surface area (Å²) in [6, 6.07) is 8.22. The fourth-order valence-corrected chi connectivity index (χ4v) is 2.25. The monoisotopic (exact) mass is 276 g/mol. The zero-order valence-electron chi connectivity index (χ0n) is 11.7. The number of nitrogens with zero attached hydrogens (tertiary/aromatic N) is 1. The van der Waals surface area contributed by atoms with E-state index in [4.69, 9.17) is 4.74 Å². The number of rotatable bonds is 3. The number of carbonyl (C=O) groups is 2. The Morgan fingerprint density at radius 1 is 1.15 bits per heavy atom. The number of ether oxygens (including phenoxy) is 1. The van der Waals surface area contributed by atoms with Crippen molar-refractivity contribution in [2.24, 2.45) is 0 Å². The molecule has 0 aromatic heterocycles. The molecule has 5 heteroatoms. The molecule has 20 heavy (non-hydrogen) atoms. The molecule has 1 N–H and O–H groups in total. The first-order valence-corrected chi connectivity index (χ1v) is 6.99. The molecule has 1 aliphatic rings. The van der Waals surface area contributed by atoms with Gasteiger partial charge in [-0.15, -0.1) is 0 Å². The smallest absolute Gasteiger partial charge is 0.410 e. The Morgan fingerprint density at radius 2 is 1.80 bits per heavy atom. The van der Waals surface area contributed by atoms with Crippen molar-refractivity contribution in [3.63, 3.8) is 0 Å². The molecule has 2 rings (SSSR count). The van der Waals surface area contributed by atoms with Crippen LogP contribution >= 0.6 is 0 Å². The quantitative estimate of drug-likeness (QED) is 0.920. The van der Waals surface area contributed by atoms with Gasteiger partial charge in [0.05, 0.1) is 0 Å². The van der Waals surface area contributed by atoms with Crippen LogP contribution in [0.15, 0.2) is 30.3 Å². The Kier molecular flexibility index (Phi) is 4.98. The van der Waals surface area contributed by atoms with Crippen LogP contribution in [0, 0.1) is 0 Å². The number of hydrogen-bond acceptors (Lipinski definition) is 3. The number of amides is 2. The third-order valence-electron chi connectivity index (χ3n) is 3.33. The molecule has 1 fully saturated rings. The molecule has 0 aliphatic carbocycles. The molecular formula is C15H20N2O3. The minimum atomic E-state index is -0.603. The second kappa shape index (κ2) is 6.93. The van der Waals surface area contributed by atoms with E-state index in [2.05, 4.69) is 5.32 Å². The van der Waals surface area contributed by atoms with Gasteiger partial charge in [-0.1, -0.05) is 18.2 Å². The third-order valence-corrected chi connectivity index (χ3v) is 3.33. The molecule has 1 aliphatic heterocycles. The van der Waals surface area contributed by atoms with Crippen LogP contribution in [0.5, 0.6) is 5.75 Å². The lowest BCUT2D eigenvalue weighted by atomic mass is 10.1. The summed E-state index contributed by atoms with van der Waals surface area (Å²) in [6.45, 7) is 3.24. The molecular weight excluding hydrogens is 256 g/mol. The Labute approximate surface area is 118 Å². The number of benzene rings is 1. The average Bonchev–Trinajstić information content (AvgIpc) is 2.48. The van der Waals surface area contributed by atoms with Gasteiger partial charge in [0.25, 0.3) is 0 Å². The van der Waals surface area contributed by atoms with Crippen LogP contribution in [0.1, 0.15) is 26.2 Å². The number of likely N-dealkylation sites (tertiary alicyclic amines) is 1. The molecule has 0 saturated carbocycles. The SMILES string of the molecule is C[C@@H](NC(=O)Oc1ccccc1)C(=O)N1CCCCC1. The number of piperidine rings is 1. The summed E-state index contributed by atoms with van der Waals surface area (Å²) in [6.07, 6.45) is 2.63. The van der Waals surface area contributed by atoms with E-state index in [1.165, 1.54) is 6.42 Å². The number of nitrogens with one attached hydrogen (secondary N) is 1. The maximum atomic E-state index is 12.1. The van der Waals surface area contributed by atoms with E-state index in [-0.39, 0.29) is 5.91 Å². The van der Waals surface area contributed by atoms with Crippen molar-refractivity contribution in [2.45, 2.75) is 32.2 Å². The first-order valence-electron chi connectivity index (χ1n) is 6.99. The van der Waals surface area contributed by atoms with Crippen molar-refractivity contribution < 1.29 is 14.3 Å². The van der Waals surface area contributed by atoms with Crippen LogP contribution in [0.3, 0.4) is 0 Å². The minimum absolute atomic E-state index is 0.0466. The summed E-state index contributed by atoms with van der Waals surface area (Å²) in [5.74, 6) is 0.414. The van der Waals surface area contributed by atoms with Gasteiger partial charge in [0.15, 0.2) is 0 Å². The molecule has 1 atom stereocenters. The first kappa shape index (κ1) is 14.4. The molecule has 0 radical (unpaired) electrons. The summed E-state index contributed by atoms with van der Waals surface area (Å²) in [5.41, 5.74) is 0. The topological polar surface area (TPSA) is 58.6 Å². The highest BCUT2D eigenvalue weighted by Gasteiger charge is 2.23. The summed E-state index contributed by atoms with van der Waals surface area (Å²) in [7, 11) is 0. The predicted molar refractivity (Wildman–Crippen MR) is 75.5 cm³/mol. The van der Waals surface area contributed by atoms with Gasteiger partial charge in [-0.3, -0.25) is 4.79 Å². The lowest BCUT2D eigenvalue weighted by Gasteiger charge is -2.29. The lowest BCUT2D eigenvalue weighted by Crippen LogP contribution is -2.49. The van der Waals surface area contributed by atoms with E-state index < -0.39 is 12.1 Å². The maximum Gasteiger partial charge on any atom is 0.413 e. The molecule has 1 heterocycles. The van der Waals surface area contributed by atoms with Crippen molar-refractivity contribution >= 4 is 12.0 Å². The molecule has 108 valence electrons.